The number of amides is 1. The normalized spacial score (nSPS) is 47.6. The first-order valence-electron chi connectivity index (χ1n) is 34.2. The Bertz CT molecular complexity index is 2700. The summed E-state index contributed by atoms with van der Waals surface area (Å²) in [5.74, 6) is -1.47. The maximum absolute atomic E-state index is 15.6. The van der Waals surface area contributed by atoms with E-state index in [2.05, 4.69) is 77.2 Å². The number of rotatable bonds is 20. The van der Waals surface area contributed by atoms with Gasteiger partial charge in [0.15, 0.2) is 25.0 Å². The first kappa shape index (κ1) is 71.9. The lowest BCUT2D eigenvalue weighted by molar-refractivity contribution is -0.373. The predicted octanol–water partition coefficient (Wildman–Crippen LogP) is 3.41. The molecule has 29 atom stereocenters. The Morgan fingerprint density at radius 1 is 0.620 bits per heavy atom. The van der Waals surface area contributed by atoms with Crippen molar-refractivity contribution >= 4 is 11.9 Å². The monoisotopic (exact) mass is 1300 g/mol. The van der Waals surface area contributed by atoms with E-state index in [1.165, 1.54) is 25.0 Å². The van der Waals surface area contributed by atoms with Gasteiger partial charge in [-0.3, -0.25) is 9.59 Å². The molecule has 12 N–H and O–H groups in total. The average molecular weight is 1300 g/mol. The van der Waals surface area contributed by atoms with Crippen LogP contribution in [0.2, 0.25) is 0 Å². The molecule has 10 rings (SSSR count). The molecule has 11 unspecified atom stereocenters. The van der Waals surface area contributed by atoms with Crippen LogP contribution >= 0.6 is 0 Å². The molecule has 1 aromatic rings. The summed E-state index contributed by atoms with van der Waals surface area (Å²) in [6, 6.07) is 8.66. The van der Waals surface area contributed by atoms with E-state index in [0.717, 1.165) is 56.9 Å². The highest BCUT2D eigenvalue weighted by Crippen LogP contribution is 2.75. The highest BCUT2D eigenvalue weighted by Gasteiger charge is 2.73. The lowest BCUT2D eigenvalue weighted by atomic mass is 9.34. The third kappa shape index (κ3) is 13.3. The quantitative estimate of drug-likeness (QED) is 0.0385. The Labute approximate surface area is 541 Å². The highest BCUT2D eigenvalue weighted by molar-refractivity contribution is 5.80. The van der Waals surface area contributed by atoms with Gasteiger partial charge in [0.05, 0.1) is 36.6 Å². The van der Waals surface area contributed by atoms with Gasteiger partial charge in [0.2, 0.25) is 12.2 Å². The minimum atomic E-state index is -1.89. The number of unbranched alkanes of at least 4 members (excludes halogenated alkanes) is 5. The lowest BCUT2D eigenvalue weighted by Crippen LogP contribution is -2.70. The zero-order valence-corrected chi connectivity index (χ0v) is 55.6. The summed E-state index contributed by atoms with van der Waals surface area (Å²) in [7, 11) is 1.67. The van der Waals surface area contributed by atoms with Crippen molar-refractivity contribution in [3.63, 3.8) is 0 Å². The number of benzene rings is 1. The first-order chi connectivity index (χ1) is 43.3. The molecule has 522 valence electrons. The molecule has 0 spiro atoms. The van der Waals surface area contributed by atoms with Crippen LogP contribution in [0.3, 0.4) is 0 Å². The van der Waals surface area contributed by atoms with E-state index in [-0.39, 0.29) is 54.6 Å². The maximum Gasteiger partial charge on any atom is 0.317 e. The van der Waals surface area contributed by atoms with Crippen LogP contribution in [0, 0.1) is 51.8 Å². The fourth-order valence-corrected chi connectivity index (χ4v) is 18.5. The Hall–Kier alpha value is -2.86. The zero-order valence-electron chi connectivity index (χ0n) is 55.6. The molecule has 4 heterocycles. The number of methoxy groups -OCH3 is 1. The van der Waals surface area contributed by atoms with Crippen LogP contribution in [-0.4, -0.2) is 223 Å². The van der Waals surface area contributed by atoms with Crippen molar-refractivity contribution in [2.24, 2.45) is 44.8 Å². The van der Waals surface area contributed by atoms with Gasteiger partial charge in [-0.25, -0.2) is 0 Å². The third-order valence-corrected chi connectivity index (χ3v) is 24.6. The molecule has 92 heavy (non-hydrogen) atoms. The number of carbonyl (C=O) groups excluding carboxylic acids is 2. The van der Waals surface area contributed by atoms with Gasteiger partial charge >= 0.3 is 5.97 Å². The molecule has 1 aromatic carbocycles. The summed E-state index contributed by atoms with van der Waals surface area (Å²) in [6.07, 6.45) is -16.1. The summed E-state index contributed by atoms with van der Waals surface area (Å²) >= 11 is 0. The number of aryl methyl sites for hydroxylation is 2. The Morgan fingerprint density at radius 2 is 1.25 bits per heavy atom. The van der Waals surface area contributed by atoms with Crippen LogP contribution in [0.15, 0.2) is 35.9 Å². The molecule has 4 saturated carbocycles. The van der Waals surface area contributed by atoms with Crippen molar-refractivity contribution in [2.45, 2.75) is 306 Å². The van der Waals surface area contributed by atoms with Gasteiger partial charge in [0.25, 0.3) is 0 Å². The Kier molecular flexibility index (Phi) is 22.0. The van der Waals surface area contributed by atoms with Gasteiger partial charge in [0, 0.05) is 20.1 Å². The van der Waals surface area contributed by atoms with Crippen molar-refractivity contribution in [3.8, 4) is 0 Å². The molecular weight excluding hydrogens is 1190 g/mol. The second-order valence-corrected chi connectivity index (χ2v) is 30.7. The number of carbonyl (C=O) groups is 2. The van der Waals surface area contributed by atoms with Crippen LogP contribution in [0.5, 0.6) is 0 Å². The summed E-state index contributed by atoms with van der Waals surface area (Å²) in [6.45, 7) is 17.9. The summed E-state index contributed by atoms with van der Waals surface area (Å²) < 4.78 is 55.4. The Balaban J connectivity index is 0.799. The second-order valence-electron chi connectivity index (χ2n) is 30.7. The van der Waals surface area contributed by atoms with Gasteiger partial charge in [-0.1, -0.05) is 102 Å². The minimum absolute atomic E-state index is 0.0644. The highest BCUT2D eigenvalue weighted by atomic mass is 16.8. The van der Waals surface area contributed by atoms with E-state index in [4.69, 9.17) is 42.6 Å². The number of fused-ring (bicyclic) bond motifs is 7. The largest absolute Gasteiger partial charge is 0.432 e. The number of aliphatic hydroxyl groups excluding tert-OH is 11. The van der Waals surface area contributed by atoms with E-state index in [1.54, 1.807) is 7.11 Å². The molecule has 8 fully saturated rings. The maximum atomic E-state index is 15.6. The van der Waals surface area contributed by atoms with Crippen molar-refractivity contribution in [1.82, 2.24) is 5.32 Å². The number of hydrogen-bond acceptors (Lipinski definition) is 22. The molecule has 23 heteroatoms. The van der Waals surface area contributed by atoms with E-state index in [9.17, 15) is 61.0 Å². The van der Waals surface area contributed by atoms with Gasteiger partial charge < -0.3 is 104 Å². The number of esters is 1. The van der Waals surface area contributed by atoms with Gasteiger partial charge in [-0.05, 0) is 150 Å². The topological polar surface area (TPSA) is 352 Å². The number of hydrogen-bond donors (Lipinski definition) is 12. The van der Waals surface area contributed by atoms with E-state index >= 15 is 4.79 Å². The molecule has 9 aliphatic rings. The van der Waals surface area contributed by atoms with Crippen LogP contribution in [0.4, 0.5) is 0 Å². The standard InChI is InChI=1S/C69H109NO22/c1-35-19-21-38(22-20-35)17-15-13-11-12-14-16-18-47(73)70-33-42-50(76)51(77)55(81)61(88-42)89-46-26-27-65(6)43-24-23-39-40-31-64(4,5)29-30-69(40,45(72)32-67(39,8)66(43,7)28-25-44(65)68(46,9)84-10)63(83)92-62-58(52(78)48(74)36(2)86-62)91-60-56(82)53(79)57(37(3)87-60)90-59-54(80)49(75)41(71)34-85-59/h19-23,36-37,40-46,48-62,71-72,74-82H,11-18,24-34H2,1-10H3,(H,70,73)/t36?,37?,40?,41-,42?,43?,44-,45?,46+,48+,49+,50-,51+,52+,53-,54?,55?,56?,57+,58?,59+,60+,61+,62+,65?,66+,67-,68-,69-/m1/s1. The fourth-order valence-electron chi connectivity index (χ4n) is 18.5. The Morgan fingerprint density at radius 3 is 1.96 bits per heavy atom. The van der Waals surface area contributed by atoms with Crippen LogP contribution in [0.25, 0.3) is 0 Å². The van der Waals surface area contributed by atoms with Crippen LogP contribution in [0.1, 0.15) is 169 Å². The number of aliphatic hydroxyl groups is 11. The van der Waals surface area contributed by atoms with Crippen molar-refractivity contribution in [2.75, 3.05) is 20.3 Å². The van der Waals surface area contributed by atoms with E-state index in [0.29, 0.717) is 44.9 Å². The molecule has 4 saturated heterocycles. The van der Waals surface area contributed by atoms with Crippen LogP contribution in [-0.2, 0) is 58.6 Å². The smallest absolute Gasteiger partial charge is 0.317 e. The summed E-state index contributed by atoms with van der Waals surface area (Å²) in [5, 5.41) is 126. The average Bonchev–Trinajstić information content (AvgIpc) is 0.673. The molecule has 5 aliphatic carbocycles. The molecule has 0 bridgehead atoms. The molecular formula is C69H109NO22. The minimum Gasteiger partial charge on any atom is -0.432 e. The number of nitrogens with one attached hydrogen (secondary N) is 1. The number of ether oxygens (including phenoxy) is 9. The van der Waals surface area contributed by atoms with Crippen molar-refractivity contribution in [1.29, 1.82) is 0 Å². The first-order valence-corrected chi connectivity index (χ1v) is 34.2. The van der Waals surface area contributed by atoms with Crippen LogP contribution < -0.4 is 5.32 Å². The second kappa shape index (κ2) is 28.2. The van der Waals surface area contributed by atoms with E-state index in [1.807, 2.05) is 6.92 Å². The third-order valence-electron chi connectivity index (χ3n) is 24.6. The predicted molar refractivity (Wildman–Crippen MR) is 330 cm³/mol. The summed E-state index contributed by atoms with van der Waals surface area (Å²) in [5.41, 5.74) is -0.351. The fraction of sp³-hybridized carbons (Fsp3) is 0.855. The number of allylic oxidation sites excluding steroid dienone is 2. The van der Waals surface area contributed by atoms with Crippen molar-refractivity contribution < 1.29 is 108 Å². The lowest BCUT2D eigenvalue weighted by Gasteiger charge is -2.71. The van der Waals surface area contributed by atoms with E-state index < -0.39 is 163 Å². The molecule has 4 aliphatic heterocycles. The zero-order chi connectivity index (χ0) is 66.8. The van der Waals surface area contributed by atoms with Gasteiger partial charge in [0.1, 0.15) is 78.7 Å². The SMILES string of the molecule is CO[C@@]1(C)[C@@H](O[C@@H]2OC(CNC(=O)CCCCCCCCc3ccc(C)cc3)[C@@H](O)[C@H](O)C2O)CCC2(C)C3CC=C4C5CC(C)(C)CC[C@]5(C(=O)O[C@@H]5OC(C)[C@H](O)[C@H](O)C5O[C@@H]5OC(C)[C@H](O[C@@H]6OC[C@@H](O)[C@H](O)C6O)[C@H](O)C5O)C(O)C[C@@]4(C)[C@@]3(C)CC[C@H]21. The molecule has 0 radical (unpaired) electrons. The van der Waals surface area contributed by atoms with Crippen molar-refractivity contribution in [3.05, 3.63) is 47.0 Å². The van der Waals surface area contributed by atoms with Gasteiger partial charge in [-0.15, -0.1) is 0 Å². The molecule has 1 amide bonds. The molecule has 0 aromatic heterocycles. The summed E-state index contributed by atoms with van der Waals surface area (Å²) in [4.78, 5) is 28.6. The molecule has 23 nitrogen and oxygen atoms in total. The van der Waals surface area contributed by atoms with Gasteiger partial charge in [-0.2, -0.15) is 0 Å².